The van der Waals surface area contributed by atoms with Gasteiger partial charge >= 0.3 is 11.9 Å². The molecule has 5 nitrogen and oxygen atoms in total. The lowest BCUT2D eigenvalue weighted by molar-refractivity contribution is -0.163. The van der Waals surface area contributed by atoms with Crippen LogP contribution in [0.4, 0.5) is 0 Å². The summed E-state index contributed by atoms with van der Waals surface area (Å²) in [6.45, 7) is 0. The molecule has 5 heteroatoms. The lowest BCUT2D eigenvalue weighted by atomic mass is 9.92. The largest absolute Gasteiger partial charge is 0.393 e. The maximum Gasteiger partial charge on any atom is 0.314 e. The van der Waals surface area contributed by atoms with Gasteiger partial charge in [-0.3, -0.25) is 9.59 Å². The first-order valence-electron chi connectivity index (χ1n) is 5.40. The zero-order valence-electron chi connectivity index (χ0n) is 9.00. The SMILES string of the molecule is O=C1CC(c2cnn3ccccc23)CC(=O)O1. The molecule has 0 amide bonds. The van der Waals surface area contributed by atoms with Crippen molar-refractivity contribution < 1.29 is 14.3 Å². The second kappa shape index (κ2) is 3.69. The molecule has 1 fully saturated rings. The summed E-state index contributed by atoms with van der Waals surface area (Å²) in [5.41, 5.74) is 1.86. The fraction of sp³-hybridized carbons (Fsp3) is 0.250. The highest BCUT2D eigenvalue weighted by Crippen LogP contribution is 2.30. The molecule has 1 saturated heterocycles. The van der Waals surface area contributed by atoms with Crippen molar-refractivity contribution in [3.8, 4) is 0 Å². The minimum atomic E-state index is -0.457. The van der Waals surface area contributed by atoms with Gasteiger partial charge in [0.2, 0.25) is 0 Å². The average Bonchev–Trinajstić information content (AvgIpc) is 2.71. The number of hydrogen-bond donors (Lipinski definition) is 0. The molecule has 86 valence electrons. The molecule has 1 aliphatic heterocycles. The van der Waals surface area contributed by atoms with Gasteiger partial charge in [-0.05, 0) is 12.1 Å². The van der Waals surface area contributed by atoms with Crippen LogP contribution in [0.3, 0.4) is 0 Å². The van der Waals surface area contributed by atoms with Gasteiger partial charge in [0.05, 0.1) is 24.6 Å². The molecule has 17 heavy (non-hydrogen) atoms. The van der Waals surface area contributed by atoms with E-state index in [2.05, 4.69) is 9.84 Å². The fourth-order valence-electron chi connectivity index (χ4n) is 2.17. The number of ether oxygens (including phenoxy) is 1. The summed E-state index contributed by atoms with van der Waals surface area (Å²) in [6, 6.07) is 5.71. The number of hydrogen-bond acceptors (Lipinski definition) is 4. The zero-order chi connectivity index (χ0) is 11.8. The Bertz CT molecular complexity index is 587. The first kappa shape index (κ1) is 10.0. The second-order valence-corrected chi connectivity index (χ2v) is 4.08. The fourth-order valence-corrected chi connectivity index (χ4v) is 2.17. The molecule has 0 spiro atoms. The van der Waals surface area contributed by atoms with E-state index in [0.29, 0.717) is 0 Å². The van der Waals surface area contributed by atoms with Crippen molar-refractivity contribution in [3.05, 3.63) is 36.2 Å². The Kier molecular flexibility index (Phi) is 2.18. The minimum absolute atomic E-state index is 0.122. The van der Waals surface area contributed by atoms with Crippen molar-refractivity contribution >= 4 is 17.5 Å². The van der Waals surface area contributed by atoms with Crippen LogP contribution in [0, 0.1) is 0 Å². The third-order valence-electron chi connectivity index (χ3n) is 2.95. The van der Waals surface area contributed by atoms with Crippen molar-refractivity contribution in [1.82, 2.24) is 9.61 Å². The smallest absolute Gasteiger partial charge is 0.314 e. The highest BCUT2D eigenvalue weighted by Gasteiger charge is 2.30. The predicted molar refractivity (Wildman–Crippen MR) is 58.3 cm³/mol. The number of esters is 2. The van der Waals surface area contributed by atoms with Crippen LogP contribution in [0.1, 0.15) is 24.3 Å². The molecule has 0 atom stereocenters. The topological polar surface area (TPSA) is 60.7 Å². The molecule has 0 N–H and O–H groups in total. The van der Waals surface area contributed by atoms with Crippen molar-refractivity contribution in [2.75, 3.05) is 0 Å². The van der Waals surface area contributed by atoms with Crippen LogP contribution < -0.4 is 0 Å². The molecule has 1 aliphatic rings. The summed E-state index contributed by atoms with van der Waals surface area (Å²) in [5.74, 6) is -1.04. The molecular weight excluding hydrogens is 220 g/mol. The van der Waals surface area contributed by atoms with E-state index in [-0.39, 0.29) is 18.8 Å². The van der Waals surface area contributed by atoms with Gasteiger partial charge in [0.15, 0.2) is 0 Å². The Morgan fingerprint density at radius 3 is 2.76 bits per heavy atom. The van der Waals surface area contributed by atoms with E-state index in [1.165, 1.54) is 0 Å². The van der Waals surface area contributed by atoms with Crippen molar-refractivity contribution in [2.24, 2.45) is 0 Å². The third-order valence-corrected chi connectivity index (χ3v) is 2.95. The molecule has 0 saturated carbocycles. The zero-order valence-corrected chi connectivity index (χ0v) is 9.00. The molecule has 0 aliphatic carbocycles. The molecule has 3 heterocycles. The number of nitrogens with zero attached hydrogens (tertiary/aromatic N) is 2. The maximum atomic E-state index is 11.2. The number of carbonyl (C=O) groups excluding carboxylic acids is 2. The Morgan fingerprint density at radius 1 is 1.24 bits per heavy atom. The maximum absolute atomic E-state index is 11.2. The van der Waals surface area contributed by atoms with E-state index < -0.39 is 11.9 Å². The van der Waals surface area contributed by atoms with Gasteiger partial charge in [0, 0.05) is 17.7 Å². The second-order valence-electron chi connectivity index (χ2n) is 4.08. The van der Waals surface area contributed by atoms with Crippen LogP contribution in [0.5, 0.6) is 0 Å². The van der Waals surface area contributed by atoms with E-state index in [4.69, 9.17) is 0 Å². The Morgan fingerprint density at radius 2 is 2.00 bits per heavy atom. The quantitative estimate of drug-likeness (QED) is 0.547. The molecule has 2 aromatic heterocycles. The standard InChI is InChI=1S/C12H10N2O3/c15-11-5-8(6-12(16)17-11)9-7-13-14-4-2-1-3-10(9)14/h1-4,7-8H,5-6H2. The third kappa shape index (κ3) is 1.69. The van der Waals surface area contributed by atoms with E-state index in [0.717, 1.165) is 11.1 Å². The predicted octanol–water partition coefficient (Wildman–Crippen LogP) is 1.28. The number of rotatable bonds is 1. The minimum Gasteiger partial charge on any atom is -0.393 e. The van der Waals surface area contributed by atoms with Gasteiger partial charge in [0.25, 0.3) is 0 Å². The van der Waals surface area contributed by atoms with E-state index in [9.17, 15) is 9.59 Å². The Balaban J connectivity index is 2.03. The summed E-state index contributed by atoms with van der Waals surface area (Å²) in [5, 5.41) is 4.20. The van der Waals surface area contributed by atoms with Crippen LogP contribution in [0.25, 0.3) is 5.52 Å². The molecule has 0 bridgehead atoms. The lowest BCUT2D eigenvalue weighted by Gasteiger charge is -2.18. The van der Waals surface area contributed by atoms with Gasteiger partial charge in [-0.2, -0.15) is 5.10 Å². The van der Waals surface area contributed by atoms with Crippen molar-refractivity contribution in [3.63, 3.8) is 0 Å². The normalized spacial score (nSPS) is 17.4. The van der Waals surface area contributed by atoms with Crippen LogP contribution in [-0.2, 0) is 14.3 Å². The van der Waals surface area contributed by atoms with E-state index in [1.807, 2.05) is 24.4 Å². The number of cyclic esters (lactones) is 2. The summed E-state index contributed by atoms with van der Waals surface area (Å²) in [7, 11) is 0. The van der Waals surface area contributed by atoms with Gasteiger partial charge in [-0.1, -0.05) is 6.07 Å². The van der Waals surface area contributed by atoms with Crippen LogP contribution in [-0.4, -0.2) is 21.6 Å². The summed E-state index contributed by atoms with van der Waals surface area (Å²) >= 11 is 0. The molecule has 0 radical (unpaired) electrons. The van der Waals surface area contributed by atoms with Gasteiger partial charge in [0.1, 0.15) is 0 Å². The average molecular weight is 230 g/mol. The molecular formula is C12H10N2O3. The Labute approximate surface area is 97.0 Å². The Hall–Kier alpha value is -2.17. The number of aromatic nitrogens is 2. The first-order valence-corrected chi connectivity index (χ1v) is 5.40. The number of fused-ring (bicyclic) bond motifs is 1. The number of pyridine rings is 1. The molecule has 3 rings (SSSR count). The highest BCUT2D eigenvalue weighted by atomic mass is 16.6. The van der Waals surface area contributed by atoms with Crippen molar-refractivity contribution in [1.29, 1.82) is 0 Å². The van der Waals surface area contributed by atoms with Crippen LogP contribution in [0.15, 0.2) is 30.6 Å². The van der Waals surface area contributed by atoms with Crippen LogP contribution >= 0.6 is 0 Å². The molecule has 0 aromatic carbocycles. The van der Waals surface area contributed by atoms with Crippen LogP contribution in [0.2, 0.25) is 0 Å². The molecule has 2 aromatic rings. The first-order chi connectivity index (χ1) is 8.24. The molecule has 0 unspecified atom stereocenters. The highest BCUT2D eigenvalue weighted by molar-refractivity contribution is 5.89. The summed E-state index contributed by atoms with van der Waals surface area (Å²) in [4.78, 5) is 22.5. The van der Waals surface area contributed by atoms with Crippen molar-refractivity contribution in [2.45, 2.75) is 18.8 Å². The summed E-state index contributed by atoms with van der Waals surface area (Å²) in [6.07, 6.45) is 4.03. The van der Waals surface area contributed by atoms with Gasteiger partial charge < -0.3 is 4.74 Å². The van der Waals surface area contributed by atoms with E-state index in [1.54, 1.807) is 10.7 Å². The summed E-state index contributed by atoms with van der Waals surface area (Å²) < 4.78 is 6.26. The number of carbonyl (C=O) groups is 2. The lowest BCUT2D eigenvalue weighted by Crippen LogP contribution is -2.24. The van der Waals surface area contributed by atoms with E-state index >= 15 is 0 Å². The van der Waals surface area contributed by atoms with Gasteiger partial charge in [-0.15, -0.1) is 0 Å². The van der Waals surface area contributed by atoms with Gasteiger partial charge in [-0.25, -0.2) is 4.52 Å². The monoisotopic (exact) mass is 230 g/mol.